The van der Waals surface area contributed by atoms with Crippen molar-refractivity contribution < 1.29 is 14.3 Å². The topological polar surface area (TPSA) is 49.3 Å². The van der Waals surface area contributed by atoms with Crippen molar-refractivity contribution in [2.75, 3.05) is 13.2 Å². The second-order valence-corrected chi connectivity index (χ2v) is 4.70. The van der Waals surface area contributed by atoms with E-state index in [1.54, 1.807) is 19.1 Å². The molecule has 3 nitrogen and oxygen atoms in total. The maximum atomic E-state index is 13.6. The zero-order valence-electron chi connectivity index (χ0n) is 9.29. The molecule has 5 heteroatoms. The van der Waals surface area contributed by atoms with Gasteiger partial charge in [-0.15, -0.1) is 11.3 Å². The molecule has 0 bridgehead atoms. The number of halogens is 1. The predicted molar refractivity (Wildman–Crippen MR) is 65.9 cm³/mol. The van der Waals surface area contributed by atoms with Gasteiger partial charge in [-0.2, -0.15) is 0 Å². The van der Waals surface area contributed by atoms with E-state index in [0.717, 1.165) is 4.70 Å². The summed E-state index contributed by atoms with van der Waals surface area (Å²) in [4.78, 5) is 12.3. The standard InChI is InChI=1S/C12H12FNO2S/c1-7-10-8(13)3-2-4-9(10)17-11(7)12(16)14-5-6-15/h2-4,15H,5-6H2,1H3,(H,14,16). The van der Waals surface area contributed by atoms with Crippen molar-refractivity contribution in [2.24, 2.45) is 0 Å². The number of aliphatic hydroxyl groups excluding tert-OH is 1. The number of thiophene rings is 1. The van der Waals surface area contributed by atoms with Gasteiger partial charge in [-0.25, -0.2) is 4.39 Å². The number of benzene rings is 1. The second kappa shape index (κ2) is 4.81. The van der Waals surface area contributed by atoms with Crippen molar-refractivity contribution in [1.29, 1.82) is 0 Å². The first-order chi connectivity index (χ1) is 8.15. The van der Waals surface area contributed by atoms with Gasteiger partial charge in [0.1, 0.15) is 5.82 Å². The lowest BCUT2D eigenvalue weighted by Crippen LogP contribution is -2.26. The molecule has 0 fully saturated rings. The van der Waals surface area contributed by atoms with Crippen LogP contribution in [0.4, 0.5) is 4.39 Å². The van der Waals surface area contributed by atoms with E-state index in [1.165, 1.54) is 17.4 Å². The normalized spacial score (nSPS) is 10.8. The SMILES string of the molecule is Cc1c(C(=O)NCCO)sc2cccc(F)c12. The highest BCUT2D eigenvalue weighted by atomic mass is 32.1. The molecule has 0 aliphatic heterocycles. The zero-order valence-corrected chi connectivity index (χ0v) is 10.1. The van der Waals surface area contributed by atoms with Gasteiger partial charge in [0.15, 0.2) is 0 Å². The predicted octanol–water partition coefficient (Wildman–Crippen LogP) is 2.07. The van der Waals surface area contributed by atoms with Gasteiger partial charge in [0.25, 0.3) is 5.91 Å². The third kappa shape index (κ3) is 2.16. The van der Waals surface area contributed by atoms with Crippen LogP contribution in [0.1, 0.15) is 15.2 Å². The Kier molecular flexibility index (Phi) is 3.40. The van der Waals surface area contributed by atoms with Crippen LogP contribution in [-0.2, 0) is 0 Å². The van der Waals surface area contributed by atoms with E-state index in [9.17, 15) is 9.18 Å². The summed E-state index contributed by atoms with van der Waals surface area (Å²) in [6.45, 7) is 1.83. The van der Waals surface area contributed by atoms with E-state index in [4.69, 9.17) is 5.11 Å². The van der Waals surface area contributed by atoms with E-state index in [1.807, 2.05) is 0 Å². The Morgan fingerprint density at radius 1 is 1.53 bits per heavy atom. The van der Waals surface area contributed by atoms with Crippen molar-refractivity contribution in [1.82, 2.24) is 5.32 Å². The second-order valence-electron chi connectivity index (χ2n) is 3.65. The molecular weight excluding hydrogens is 241 g/mol. The fourth-order valence-electron chi connectivity index (χ4n) is 1.72. The van der Waals surface area contributed by atoms with E-state index in [2.05, 4.69) is 5.32 Å². The van der Waals surface area contributed by atoms with Crippen molar-refractivity contribution in [3.05, 3.63) is 34.5 Å². The molecule has 90 valence electrons. The maximum absolute atomic E-state index is 13.6. The minimum atomic E-state index is -0.308. The Labute approximate surface area is 102 Å². The van der Waals surface area contributed by atoms with Gasteiger partial charge in [0.2, 0.25) is 0 Å². The van der Waals surface area contributed by atoms with Crippen LogP contribution in [-0.4, -0.2) is 24.2 Å². The number of nitrogens with one attached hydrogen (secondary N) is 1. The Morgan fingerprint density at radius 3 is 2.94 bits per heavy atom. The van der Waals surface area contributed by atoms with Crippen LogP contribution in [0.5, 0.6) is 0 Å². The summed E-state index contributed by atoms with van der Waals surface area (Å²) in [6.07, 6.45) is 0. The highest BCUT2D eigenvalue weighted by molar-refractivity contribution is 7.21. The van der Waals surface area contributed by atoms with Gasteiger partial charge >= 0.3 is 0 Å². The lowest BCUT2D eigenvalue weighted by Gasteiger charge is -2.01. The third-order valence-electron chi connectivity index (χ3n) is 2.51. The number of carbonyl (C=O) groups excluding carboxylic acids is 1. The van der Waals surface area contributed by atoms with Gasteiger partial charge in [-0.05, 0) is 24.6 Å². The van der Waals surface area contributed by atoms with E-state index in [-0.39, 0.29) is 24.9 Å². The summed E-state index contributed by atoms with van der Waals surface area (Å²) in [7, 11) is 0. The number of hydrogen-bond donors (Lipinski definition) is 2. The molecule has 0 spiro atoms. The Hall–Kier alpha value is -1.46. The van der Waals surface area contributed by atoms with Crippen LogP contribution in [0.15, 0.2) is 18.2 Å². The molecule has 1 aromatic heterocycles. The fraction of sp³-hybridized carbons (Fsp3) is 0.250. The maximum Gasteiger partial charge on any atom is 0.261 e. The molecular formula is C12H12FNO2S. The molecule has 0 aliphatic rings. The Bertz CT molecular complexity index is 565. The first-order valence-electron chi connectivity index (χ1n) is 5.22. The van der Waals surface area contributed by atoms with Crippen LogP contribution in [0.2, 0.25) is 0 Å². The summed E-state index contributed by atoms with van der Waals surface area (Å²) in [5.74, 6) is -0.574. The molecule has 0 saturated carbocycles. The molecule has 1 aromatic carbocycles. The van der Waals surface area contributed by atoms with Crippen LogP contribution in [0.25, 0.3) is 10.1 Å². The molecule has 2 aromatic rings. The van der Waals surface area contributed by atoms with Crippen molar-refractivity contribution in [3.63, 3.8) is 0 Å². The minimum Gasteiger partial charge on any atom is -0.395 e. The summed E-state index contributed by atoms with van der Waals surface area (Å²) < 4.78 is 14.4. The molecule has 0 saturated heterocycles. The molecule has 0 unspecified atom stereocenters. The largest absolute Gasteiger partial charge is 0.395 e. The molecule has 2 rings (SSSR count). The summed E-state index contributed by atoms with van der Waals surface area (Å²) in [5.41, 5.74) is 0.651. The summed E-state index contributed by atoms with van der Waals surface area (Å²) in [5, 5.41) is 11.7. The zero-order chi connectivity index (χ0) is 12.4. The first kappa shape index (κ1) is 12.0. The quantitative estimate of drug-likeness (QED) is 0.879. The average molecular weight is 253 g/mol. The molecule has 0 aliphatic carbocycles. The number of amides is 1. The number of aliphatic hydroxyl groups is 1. The van der Waals surface area contributed by atoms with Gasteiger partial charge in [-0.3, -0.25) is 4.79 Å². The average Bonchev–Trinajstić information content (AvgIpc) is 2.65. The molecule has 0 atom stereocenters. The monoisotopic (exact) mass is 253 g/mol. The summed E-state index contributed by atoms with van der Waals surface area (Å²) in [6, 6.07) is 4.80. The van der Waals surface area contributed by atoms with Gasteiger partial charge in [-0.1, -0.05) is 6.07 Å². The van der Waals surface area contributed by atoms with Crippen molar-refractivity contribution in [2.45, 2.75) is 6.92 Å². The number of fused-ring (bicyclic) bond motifs is 1. The van der Waals surface area contributed by atoms with Crippen LogP contribution >= 0.6 is 11.3 Å². The fourth-order valence-corrected chi connectivity index (χ4v) is 2.86. The molecule has 1 heterocycles. The number of rotatable bonds is 3. The number of hydrogen-bond acceptors (Lipinski definition) is 3. The van der Waals surface area contributed by atoms with Crippen LogP contribution < -0.4 is 5.32 Å². The molecule has 0 radical (unpaired) electrons. The Balaban J connectivity index is 2.46. The van der Waals surface area contributed by atoms with Gasteiger partial charge < -0.3 is 10.4 Å². The van der Waals surface area contributed by atoms with E-state index < -0.39 is 0 Å². The third-order valence-corrected chi connectivity index (χ3v) is 3.76. The Morgan fingerprint density at radius 2 is 2.29 bits per heavy atom. The lowest BCUT2D eigenvalue weighted by molar-refractivity contribution is 0.0948. The highest BCUT2D eigenvalue weighted by Gasteiger charge is 2.16. The molecule has 17 heavy (non-hydrogen) atoms. The summed E-state index contributed by atoms with van der Waals surface area (Å²) >= 11 is 1.26. The molecule has 2 N–H and O–H groups in total. The number of carbonyl (C=O) groups is 1. The van der Waals surface area contributed by atoms with Gasteiger partial charge in [0, 0.05) is 16.6 Å². The smallest absolute Gasteiger partial charge is 0.261 e. The molecule has 1 amide bonds. The van der Waals surface area contributed by atoms with Crippen LogP contribution in [0.3, 0.4) is 0 Å². The van der Waals surface area contributed by atoms with Crippen molar-refractivity contribution in [3.8, 4) is 0 Å². The number of aryl methyl sites for hydroxylation is 1. The van der Waals surface area contributed by atoms with E-state index >= 15 is 0 Å². The minimum absolute atomic E-state index is 0.107. The lowest BCUT2D eigenvalue weighted by atomic mass is 10.1. The highest BCUT2D eigenvalue weighted by Crippen LogP contribution is 2.32. The van der Waals surface area contributed by atoms with E-state index in [0.29, 0.717) is 15.8 Å². The first-order valence-corrected chi connectivity index (χ1v) is 6.03. The van der Waals surface area contributed by atoms with Crippen molar-refractivity contribution >= 4 is 27.3 Å². The van der Waals surface area contributed by atoms with Crippen LogP contribution in [0, 0.1) is 12.7 Å². The van der Waals surface area contributed by atoms with Gasteiger partial charge in [0.05, 0.1) is 11.5 Å².